The molecule has 0 aliphatic heterocycles. The Morgan fingerprint density at radius 2 is 2.19 bits per heavy atom. The van der Waals surface area contributed by atoms with Crippen molar-refractivity contribution in [3.05, 3.63) is 25.5 Å². The van der Waals surface area contributed by atoms with Crippen molar-refractivity contribution in [1.82, 2.24) is 9.78 Å². The summed E-state index contributed by atoms with van der Waals surface area (Å²) in [5.41, 5.74) is -0.150. The summed E-state index contributed by atoms with van der Waals surface area (Å²) in [7, 11) is 0. The fourth-order valence-electron chi connectivity index (χ4n) is 1.07. The minimum absolute atomic E-state index is 0.150. The molecule has 1 heterocycles. The van der Waals surface area contributed by atoms with Crippen LogP contribution < -0.4 is 5.56 Å². The summed E-state index contributed by atoms with van der Waals surface area (Å²) in [5.74, 6) is 0.501. The molecule has 0 spiro atoms. The van der Waals surface area contributed by atoms with Crippen molar-refractivity contribution in [2.24, 2.45) is 5.92 Å². The molecule has 1 aromatic rings. The number of nitrogens with zero attached hydrogens (tertiary/aromatic N) is 2. The maximum Gasteiger partial charge on any atom is 0.282 e. The van der Waals surface area contributed by atoms with Crippen molar-refractivity contribution in [2.45, 2.75) is 20.4 Å². The molecule has 0 fully saturated rings. The lowest BCUT2D eigenvalue weighted by Crippen LogP contribution is -2.25. The molecular formula is C10H14Br2N2O2. The lowest BCUT2D eigenvalue weighted by Gasteiger charge is -2.08. The standard InChI is InChI=1S/C10H14Br2N2O2/c1-7(2)6-16-4-3-14-10(15)9(12)8(11)5-13-14/h5,7H,3-4,6H2,1-2H3. The highest BCUT2D eigenvalue weighted by Crippen LogP contribution is 2.16. The Hall–Kier alpha value is -0.200. The molecule has 0 unspecified atom stereocenters. The van der Waals surface area contributed by atoms with E-state index in [4.69, 9.17) is 4.74 Å². The second-order valence-corrected chi connectivity index (χ2v) is 5.45. The third-order valence-electron chi connectivity index (χ3n) is 1.84. The predicted molar refractivity (Wildman–Crippen MR) is 69.6 cm³/mol. The van der Waals surface area contributed by atoms with E-state index < -0.39 is 0 Å². The number of ether oxygens (including phenoxy) is 1. The largest absolute Gasteiger partial charge is 0.379 e. The van der Waals surface area contributed by atoms with E-state index in [9.17, 15) is 4.79 Å². The zero-order valence-electron chi connectivity index (χ0n) is 9.24. The maximum atomic E-state index is 11.7. The van der Waals surface area contributed by atoms with Gasteiger partial charge in [0.25, 0.3) is 5.56 Å². The smallest absolute Gasteiger partial charge is 0.282 e. The van der Waals surface area contributed by atoms with Crippen LogP contribution in [-0.4, -0.2) is 23.0 Å². The van der Waals surface area contributed by atoms with Gasteiger partial charge in [-0.2, -0.15) is 5.10 Å². The molecule has 1 rings (SSSR count). The van der Waals surface area contributed by atoms with Gasteiger partial charge in [0.1, 0.15) is 4.47 Å². The Labute approximate surface area is 111 Å². The van der Waals surface area contributed by atoms with E-state index in [0.717, 1.165) is 0 Å². The van der Waals surface area contributed by atoms with Crippen molar-refractivity contribution < 1.29 is 4.74 Å². The lowest BCUT2D eigenvalue weighted by molar-refractivity contribution is 0.0999. The summed E-state index contributed by atoms with van der Waals surface area (Å²) in [6, 6.07) is 0. The SMILES string of the molecule is CC(C)COCCn1ncc(Br)c(Br)c1=O. The molecule has 1 aromatic heterocycles. The molecule has 90 valence electrons. The van der Waals surface area contributed by atoms with Gasteiger partial charge >= 0.3 is 0 Å². The maximum absolute atomic E-state index is 11.7. The van der Waals surface area contributed by atoms with E-state index in [1.807, 2.05) is 0 Å². The Balaban J connectivity index is 2.55. The molecule has 0 saturated carbocycles. The number of halogens is 2. The van der Waals surface area contributed by atoms with Gasteiger partial charge in [-0.15, -0.1) is 0 Å². The van der Waals surface area contributed by atoms with Crippen LogP contribution in [0.15, 0.2) is 19.9 Å². The molecule has 0 aliphatic rings. The second-order valence-electron chi connectivity index (χ2n) is 3.80. The first kappa shape index (κ1) is 13.9. The first-order valence-corrected chi connectivity index (χ1v) is 6.60. The highest BCUT2D eigenvalue weighted by Gasteiger charge is 2.06. The Bertz CT molecular complexity index is 404. The van der Waals surface area contributed by atoms with Crippen LogP contribution >= 0.6 is 31.9 Å². The summed E-state index contributed by atoms with van der Waals surface area (Å²) in [4.78, 5) is 11.7. The van der Waals surface area contributed by atoms with Crippen LogP contribution in [0.25, 0.3) is 0 Å². The fourth-order valence-corrected chi connectivity index (χ4v) is 1.64. The van der Waals surface area contributed by atoms with Gasteiger partial charge in [0, 0.05) is 6.61 Å². The van der Waals surface area contributed by atoms with E-state index in [2.05, 4.69) is 50.8 Å². The fraction of sp³-hybridized carbons (Fsp3) is 0.600. The van der Waals surface area contributed by atoms with Crippen LogP contribution in [0.4, 0.5) is 0 Å². The van der Waals surface area contributed by atoms with Crippen molar-refractivity contribution in [1.29, 1.82) is 0 Å². The molecule has 0 saturated heterocycles. The lowest BCUT2D eigenvalue weighted by atomic mass is 10.2. The molecule has 0 N–H and O–H groups in total. The van der Waals surface area contributed by atoms with Gasteiger partial charge in [-0.25, -0.2) is 4.68 Å². The van der Waals surface area contributed by atoms with Crippen LogP contribution in [0.5, 0.6) is 0 Å². The Morgan fingerprint density at radius 3 is 2.81 bits per heavy atom. The molecule has 0 radical (unpaired) electrons. The second kappa shape index (κ2) is 6.51. The molecule has 0 amide bonds. The minimum atomic E-state index is -0.150. The summed E-state index contributed by atoms with van der Waals surface area (Å²) < 4.78 is 7.94. The van der Waals surface area contributed by atoms with Gasteiger partial charge < -0.3 is 4.74 Å². The van der Waals surface area contributed by atoms with Gasteiger partial charge in [0.05, 0.1) is 23.8 Å². The highest BCUT2D eigenvalue weighted by molar-refractivity contribution is 9.13. The van der Waals surface area contributed by atoms with Gasteiger partial charge in [0.15, 0.2) is 0 Å². The highest BCUT2D eigenvalue weighted by atomic mass is 79.9. The van der Waals surface area contributed by atoms with E-state index in [-0.39, 0.29) is 5.56 Å². The van der Waals surface area contributed by atoms with Crippen molar-refractivity contribution in [2.75, 3.05) is 13.2 Å². The van der Waals surface area contributed by atoms with Crippen LogP contribution in [0.2, 0.25) is 0 Å². The number of aromatic nitrogens is 2. The number of hydrogen-bond acceptors (Lipinski definition) is 3. The molecule has 0 bridgehead atoms. The first-order valence-electron chi connectivity index (χ1n) is 5.01. The third-order valence-corrected chi connectivity index (χ3v) is 3.74. The van der Waals surface area contributed by atoms with Gasteiger partial charge in [-0.3, -0.25) is 4.79 Å². The van der Waals surface area contributed by atoms with Crippen LogP contribution in [0.3, 0.4) is 0 Å². The van der Waals surface area contributed by atoms with Crippen molar-refractivity contribution >= 4 is 31.9 Å². The van der Waals surface area contributed by atoms with E-state index in [0.29, 0.717) is 34.6 Å². The van der Waals surface area contributed by atoms with Crippen LogP contribution in [-0.2, 0) is 11.3 Å². The first-order chi connectivity index (χ1) is 7.52. The average Bonchev–Trinajstić information content (AvgIpc) is 2.23. The number of hydrogen-bond donors (Lipinski definition) is 0. The molecule has 0 atom stereocenters. The van der Waals surface area contributed by atoms with E-state index in [1.54, 1.807) is 6.20 Å². The van der Waals surface area contributed by atoms with Gasteiger partial charge in [-0.05, 0) is 37.8 Å². The summed E-state index contributed by atoms with van der Waals surface area (Å²) in [6.07, 6.45) is 1.59. The molecule has 6 heteroatoms. The zero-order valence-corrected chi connectivity index (χ0v) is 12.4. The van der Waals surface area contributed by atoms with E-state index in [1.165, 1.54) is 4.68 Å². The quantitative estimate of drug-likeness (QED) is 0.763. The van der Waals surface area contributed by atoms with Gasteiger partial charge in [0.2, 0.25) is 0 Å². The van der Waals surface area contributed by atoms with Crippen LogP contribution in [0, 0.1) is 5.92 Å². The van der Waals surface area contributed by atoms with Crippen LogP contribution in [0.1, 0.15) is 13.8 Å². The van der Waals surface area contributed by atoms with E-state index >= 15 is 0 Å². The molecule has 16 heavy (non-hydrogen) atoms. The molecular weight excluding hydrogens is 340 g/mol. The summed E-state index contributed by atoms with van der Waals surface area (Å²) in [5, 5.41) is 4.00. The monoisotopic (exact) mass is 352 g/mol. The van der Waals surface area contributed by atoms with Crippen molar-refractivity contribution in [3.8, 4) is 0 Å². The molecule has 0 aromatic carbocycles. The predicted octanol–water partition coefficient (Wildman–Crippen LogP) is 2.44. The van der Waals surface area contributed by atoms with Crippen molar-refractivity contribution in [3.63, 3.8) is 0 Å². The zero-order chi connectivity index (χ0) is 12.1. The minimum Gasteiger partial charge on any atom is -0.379 e. The molecule has 4 nitrogen and oxygen atoms in total. The number of rotatable bonds is 5. The summed E-state index contributed by atoms with van der Waals surface area (Å²) in [6.45, 7) is 5.84. The normalized spacial score (nSPS) is 11.1. The average molecular weight is 354 g/mol. The topological polar surface area (TPSA) is 44.1 Å². The van der Waals surface area contributed by atoms with Gasteiger partial charge in [-0.1, -0.05) is 13.8 Å². The Kier molecular flexibility index (Phi) is 5.64. The molecule has 0 aliphatic carbocycles. The Morgan fingerprint density at radius 1 is 1.50 bits per heavy atom. The third kappa shape index (κ3) is 3.99. The summed E-state index contributed by atoms with van der Waals surface area (Å²) >= 11 is 6.43.